The Morgan fingerprint density at radius 2 is 2.00 bits per heavy atom. The highest BCUT2D eigenvalue weighted by atomic mass is 15.0. The van der Waals surface area contributed by atoms with Crippen molar-refractivity contribution in [2.24, 2.45) is 0 Å². The minimum atomic E-state index is 0.283. The molecule has 12 heavy (non-hydrogen) atoms. The van der Waals surface area contributed by atoms with Crippen LogP contribution < -0.4 is 5.32 Å². The molecule has 1 heterocycles. The molecule has 66 valence electrons. The zero-order chi connectivity index (χ0) is 8.97. The van der Waals surface area contributed by atoms with Crippen LogP contribution in [0.2, 0.25) is 0 Å². The van der Waals surface area contributed by atoms with Crippen molar-refractivity contribution in [1.29, 1.82) is 0 Å². The van der Waals surface area contributed by atoms with E-state index < -0.39 is 0 Å². The predicted octanol–water partition coefficient (Wildman–Crippen LogP) is 1.46. The number of rotatable bonds is 3. The van der Waals surface area contributed by atoms with Crippen molar-refractivity contribution in [2.45, 2.75) is 26.3 Å². The predicted molar refractivity (Wildman–Crippen MR) is 48.9 cm³/mol. The van der Waals surface area contributed by atoms with E-state index >= 15 is 0 Å². The third-order valence-corrected chi connectivity index (χ3v) is 1.87. The lowest BCUT2D eigenvalue weighted by atomic mass is 10.2. The van der Waals surface area contributed by atoms with Gasteiger partial charge in [0.1, 0.15) is 5.82 Å². The maximum Gasteiger partial charge on any atom is 0.145 e. The van der Waals surface area contributed by atoms with Gasteiger partial charge >= 0.3 is 0 Å². The minimum Gasteiger partial charge on any atom is -0.310 e. The number of hydrogen-bond acceptors (Lipinski definition) is 3. The highest BCUT2D eigenvalue weighted by molar-refractivity contribution is 5.04. The average molecular weight is 165 g/mol. The molecule has 0 spiro atoms. The molecule has 1 unspecified atom stereocenters. The fourth-order valence-corrected chi connectivity index (χ4v) is 1.10. The van der Waals surface area contributed by atoms with E-state index in [0.717, 1.165) is 17.8 Å². The molecule has 0 aliphatic heterocycles. The zero-order valence-corrected chi connectivity index (χ0v) is 7.83. The van der Waals surface area contributed by atoms with E-state index in [1.807, 2.05) is 26.4 Å². The monoisotopic (exact) mass is 165 g/mol. The molecule has 1 N–H and O–H groups in total. The summed E-state index contributed by atoms with van der Waals surface area (Å²) < 4.78 is 0. The van der Waals surface area contributed by atoms with Crippen molar-refractivity contribution >= 4 is 0 Å². The Morgan fingerprint density at radius 3 is 2.42 bits per heavy atom. The molecule has 0 amide bonds. The van der Waals surface area contributed by atoms with E-state index in [-0.39, 0.29) is 6.04 Å². The summed E-state index contributed by atoms with van der Waals surface area (Å²) in [6, 6.07) is 0.283. The first-order valence-electron chi connectivity index (χ1n) is 4.23. The lowest BCUT2D eigenvalue weighted by molar-refractivity contribution is 0.543. The van der Waals surface area contributed by atoms with Crippen LogP contribution in [-0.2, 0) is 0 Å². The van der Waals surface area contributed by atoms with E-state index in [0.29, 0.717) is 0 Å². The summed E-state index contributed by atoms with van der Waals surface area (Å²) in [7, 11) is 1.93. The second-order valence-electron chi connectivity index (χ2n) is 2.87. The van der Waals surface area contributed by atoms with Crippen LogP contribution in [0.4, 0.5) is 0 Å². The Bertz CT molecular complexity index is 226. The topological polar surface area (TPSA) is 37.8 Å². The molecule has 0 aliphatic rings. The number of aromatic nitrogens is 2. The van der Waals surface area contributed by atoms with Gasteiger partial charge in [0.25, 0.3) is 0 Å². The largest absolute Gasteiger partial charge is 0.310 e. The lowest BCUT2D eigenvalue weighted by Crippen LogP contribution is -2.17. The van der Waals surface area contributed by atoms with E-state index in [1.165, 1.54) is 0 Å². The first kappa shape index (κ1) is 9.13. The fraction of sp³-hybridized carbons (Fsp3) is 0.556. The molecule has 1 rings (SSSR count). The molecular weight excluding hydrogens is 150 g/mol. The third kappa shape index (κ3) is 2.01. The van der Waals surface area contributed by atoms with Crippen molar-refractivity contribution in [3.63, 3.8) is 0 Å². The summed E-state index contributed by atoms with van der Waals surface area (Å²) in [5.74, 6) is 0.880. The maximum absolute atomic E-state index is 4.25. The maximum atomic E-state index is 4.25. The first-order valence-corrected chi connectivity index (χ1v) is 4.23. The van der Waals surface area contributed by atoms with Crippen LogP contribution in [0.3, 0.4) is 0 Å². The molecule has 0 bridgehead atoms. The zero-order valence-electron chi connectivity index (χ0n) is 7.83. The van der Waals surface area contributed by atoms with Crippen molar-refractivity contribution in [3.8, 4) is 0 Å². The Kier molecular flexibility index (Phi) is 3.17. The van der Waals surface area contributed by atoms with Gasteiger partial charge in [-0.3, -0.25) is 0 Å². The molecule has 0 saturated heterocycles. The quantitative estimate of drug-likeness (QED) is 0.736. The molecule has 0 radical (unpaired) electrons. The van der Waals surface area contributed by atoms with Crippen LogP contribution in [0.15, 0.2) is 12.4 Å². The molecule has 3 heteroatoms. The molecule has 0 saturated carbocycles. The van der Waals surface area contributed by atoms with Gasteiger partial charge in [0, 0.05) is 12.4 Å². The van der Waals surface area contributed by atoms with E-state index in [4.69, 9.17) is 0 Å². The summed E-state index contributed by atoms with van der Waals surface area (Å²) in [6.45, 7) is 4.11. The molecule has 0 fully saturated rings. The fourth-order valence-electron chi connectivity index (χ4n) is 1.10. The van der Waals surface area contributed by atoms with Gasteiger partial charge in [0.15, 0.2) is 0 Å². The SMILES string of the molecule is CCC(NC)c1ncc(C)cn1. The number of aryl methyl sites for hydroxylation is 1. The number of nitrogens with zero attached hydrogens (tertiary/aromatic N) is 2. The van der Waals surface area contributed by atoms with Crippen molar-refractivity contribution in [2.75, 3.05) is 7.05 Å². The number of nitrogens with one attached hydrogen (secondary N) is 1. The first-order chi connectivity index (χ1) is 5.77. The average Bonchev–Trinajstić information content (AvgIpc) is 2.10. The van der Waals surface area contributed by atoms with Gasteiger partial charge < -0.3 is 5.32 Å². The van der Waals surface area contributed by atoms with Crippen LogP contribution in [0.1, 0.15) is 30.8 Å². The van der Waals surface area contributed by atoms with Crippen molar-refractivity contribution in [3.05, 3.63) is 23.8 Å². The smallest absolute Gasteiger partial charge is 0.145 e. The van der Waals surface area contributed by atoms with Gasteiger partial charge in [0.2, 0.25) is 0 Å². The van der Waals surface area contributed by atoms with E-state index in [9.17, 15) is 0 Å². The van der Waals surface area contributed by atoms with Gasteiger partial charge in [-0.05, 0) is 26.0 Å². The molecule has 3 nitrogen and oxygen atoms in total. The van der Waals surface area contributed by atoms with Gasteiger partial charge in [-0.15, -0.1) is 0 Å². The summed E-state index contributed by atoms with van der Waals surface area (Å²) in [5, 5.41) is 3.16. The Balaban J connectivity index is 2.80. The summed E-state index contributed by atoms with van der Waals surface area (Å²) in [5.41, 5.74) is 1.10. The van der Waals surface area contributed by atoms with Crippen LogP contribution in [0, 0.1) is 6.92 Å². The van der Waals surface area contributed by atoms with E-state index in [2.05, 4.69) is 22.2 Å². The second-order valence-corrected chi connectivity index (χ2v) is 2.87. The Hall–Kier alpha value is -0.960. The van der Waals surface area contributed by atoms with E-state index in [1.54, 1.807) is 0 Å². The highest BCUT2D eigenvalue weighted by Crippen LogP contribution is 2.09. The summed E-state index contributed by atoms with van der Waals surface area (Å²) in [4.78, 5) is 8.49. The number of hydrogen-bond donors (Lipinski definition) is 1. The highest BCUT2D eigenvalue weighted by Gasteiger charge is 2.07. The summed E-state index contributed by atoms with van der Waals surface area (Å²) in [6.07, 6.45) is 4.71. The standard InChI is InChI=1S/C9H15N3/c1-4-8(10-3)9-11-5-7(2)6-12-9/h5-6,8,10H,4H2,1-3H3. The van der Waals surface area contributed by atoms with Gasteiger partial charge in [0.05, 0.1) is 6.04 Å². The molecule has 1 atom stereocenters. The van der Waals surface area contributed by atoms with Crippen LogP contribution in [0.25, 0.3) is 0 Å². The normalized spacial score (nSPS) is 12.9. The van der Waals surface area contributed by atoms with Gasteiger partial charge in [-0.2, -0.15) is 0 Å². The van der Waals surface area contributed by atoms with Gasteiger partial charge in [-0.25, -0.2) is 9.97 Å². The third-order valence-electron chi connectivity index (χ3n) is 1.87. The minimum absolute atomic E-state index is 0.283. The van der Waals surface area contributed by atoms with Crippen LogP contribution in [-0.4, -0.2) is 17.0 Å². The van der Waals surface area contributed by atoms with Crippen molar-refractivity contribution < 1.29 is 0 Å². The molecule has 1 aromatic rings. The molecule has 1 aromatic heterocycles. The lowest BCUT2D eigenvalue weighted by Gasteiger charge is -2.11. The molecule has 0 aromatic carbocycles. The van der Waals surface area contributed by atoms with Gasteiger partial charge in [-0.1, -0.05) is 6.92 Å². The van der Waals surface area contributed by atoms with Crippen LogP contribution >= 0.6 is 0 Å². The second kappa shape index (κ2) is 4.16. The molecular formula is C9H15N3. The Morgan fingerprint density at radius 1 is 1.42 bits per heavy atom. The molecule has 0 aliphatic carbocycles. The summed E-state index contributed by atoms with van der Waals surface area (Å²) >= 11 is 0. The van der Waals surface area contributed by atoms with Crippen molar-refractivity contribution in [1.82, 2.24) is 15.3 Å². The van der Waals surface area contributed by atoms with Crippen LogP contribution in [0.5, 0.6) is 0 Å². The Labute approximate surface area is 73.2 Å².